The van der Waals surface area contributed by atoms with Crippen molar-refractivity contribution < 1.29 is 0 Å². The summed E-state index contributed by atoms with van der Waals surface area (Å²) in [4.78, 5) is 4.18. The lowest BCUT2D eigenvalue weighted by molar-refractivity contribution is 0.528. The maximum Gasteiger partial charge on any atom is 0.0595 e. The molecule has 0 fully saturated rings. The molecule has 2 nitrogen and oxygen atoms in total. The third-order valence-corrected chi connectivity index (χ3v) is 4.47. The van der Waals surface area contributed by atoms with Crippen LogP contribution in [-0.2, 0) is 6.42 Å². The number of nitrogens with zero attached hydrogens (tertiary/aromatic N) is 1. The van der Waals surface area contributed by atoms with Crippen molar-refractivity contribution in [2.45, 2.75) is 25.8 Å². The molecule has 0 spiro atoms. The molecule has 0 aliphatic carbocycles. The van der Waals surface area contributed by atoms with E-state index >= 15 is 0 Å². The molecule has 106 valence electrons. The van der Waals surface area contributed by atoms with Gasteiger partial charge in [-0.25, -0.2) is 0 Å². The van der Waals surface area contributed by atoms with Gasteiger partial charge in [0, 0.05) is 22.9 Å². The topological polar surface area (TPSA) is 24.9 Å². The fourth-order valence-electron chi connectivity index (χ4n) is 2.15. The molecule has 0 saturated carbocycles. The minimum Gasteiger partial charge on any atom is -0.310 e. The lowest BCUT2D eigenvalue weighted by atomic mass is 9.99. The van der Waals surface area contributed by atoms with Crippen LogP contribution in [0, 0.1) is 0 Å². The summed E-state index contributed by atoms with van der Waals surface area (Å²) in [5, 5.41) is 4.35. The number of aromatic nitrogens is 1. The first-order chi connectivity index (χ1) is 9.72. The van der Waals surface area contributed by atoms with Crippen LogP contribution in [0.3, 0.4) is 0 Å². The summed E-state index contributed by atoms with van der Waals surface area (Å²) in [7, 11) is 0. The van der Waals surface area contributed by atoms with E-state index in [1.807, 2.05) is 24.4 Å². The fourth-order valence-corrected chi connectivity index (χ4v) is 2.79. The Kier molecular flexibility index (Phi) is 6.02. The van der Waals surface area contributed by atoms with Crippen LogP contribution < -0.4 is 5.32 Å². The minimum absolute atomic E-state index is 0.198. The van der Waals surface area contributed by atoms with Crippen LogP contribution in [-0.4, -0.2) is 11.5 Å². The van der Waals surface area contributed by atoms with Gasteiger partial charge in [0.05, 0.1) is 5.02 Å². The number of benzene rings is 1. The molecule has 0 saturated heterocycles. The maximum atomic E-state index is 6.43. The number of halogens is 2. The Hall–Kier alpha value is -0.900. The zero-order chi connectivity index (χ0) is 14.4. The van der Waals surface area contributed by atoms with Gasteiger partial charge in [0.1, 0.15) is 0 Å². The molecule has 4 heteroatoms. The van der Waals surface area contributed by atoms with Crippen molar-refractivity contribution in [2.24, 2.45) is 0 Å². The molecular weight excluding hydrogens is 336 g/mol. The van der Waals surface area contributed by atoms with Crippen LogP contribution in [0.15, 0.2) is 47.2 Å². The highest BCUT2D eigenvalue weighted by molar-refractivity contribution is 9.10. The summed E-state index contributed by atoms with van der Waals surface area (Å²) in [6.45, 7) is 3.13. The Balaban J connectivity index is 2.25. The van der Waals surface area contributed by atoms with Crippen molar-refractivity contribution in [3.8, 4) is 0 Å². The summed E-state index contributed by atoms with van der Waals surface area (Å²) >= 11 is 9.93. The summed E-state index contributed by atoms with van der Waals surface area (Å²) < 4.78 is 0.936. The molecule has 0 aliphatic heterocycles. The van der Waals surface area contributed by atoms with E-state index < -0.39 is 0 Å². The van der Waals surface area contributed by atoms with Crippen molar-refractivity contribution in [2.75, 3.05) is 6.54 Å². The van der Waals surface area contributed by atoms with Gasteiger partial charge in [-0.15, -0.1) is 0 Å². The predicted octanol–water partition coefficient (Wildman–Crippen LogP) is 4.78. The van der Waals surface area contributed by atoms with E-state index in [1.165, 1.54) is 5.56 Å². The number of rotatable bonds is 6. The smallest absolute Gasteiger partial charge is 0.0595 e. The van der Waals surface area contributed by atoms with Gasteiger partial charge in [-0.1, -0.05) is 36.7 Å². The van der Waals surface area contributed by atoms with Crippen molar-refractivity contribution in [3.05, 3.63) is 63.3 Å². The van der Waals surface area contributed by atoms with Gasteiger partial charge in [-0.05, 0) is 58.6 Å². The number of nitrogens with one attached hydrogen (secondary N) is 1. The van der Waals surface area contributed by atoms with Gasteiger partial charge in [-0.3, -0.25) is 4.98 Å². The molecule has 1 N–H and O–H groups in total. The van der Waals surface area contributed by atoms with E-state index in [2.05, 4.69) is 45.3 Å². The van der Waals surface area contributed by atoms with Crippen molar-refractivity contribution >= 4 is 27.5 Å². The van der Waals surface area contributed by atoms with Gasteiger partial charge in [0.25, 0.3) is 0 Å². The van der Waals surface area contributed by atoms with E-state index in [-0.39, 0.29) is 6.04 Å². The Morgan fingerprint density at radius 1 is 1.30 bits per heavy atom. The zero-order valence-electron chi connectivity index (χ0n) is 11.4. The number of hydrogen-bond donors (Lipinski definition) is 1. The van der Waals surface area contributed by atoms with E-state index in [9.17, 15) is 0 Å². The van der Waals surface area contributed by atoms with Gasteiger partial charge >= 0.3 is 0 Å². The van der Waals surface area contributed by atoms with Gasteiger partial charge in [0.2, 0.25) is 0 Å². The van der Waals surface area contributed by atoms with Crippen LogP contribution in [0.25, 0.3) is 0 Å². The molecule has 2 rings (SSSR count). The van der Waals surface area contributed by atoms with E-state index in [1.54, 1.807) is 6.20 Å². The van der Waals surface area contributed by atoms with E-state index in [4.69, 9.17) is 11.6 Å². The highest BCUT2D eigenvalue weighted by Gasteiger charge is 2.16. The minimum atomic E-state index is 0.198. The predicted molar refractivity (Wildman–Crippen MR) is 88.1 cm³/mol. The Morgan fingerprint density at radius 2 is 2.15 bits per heavy atom. The summed E-state index contributed by atoms with van der Waals surface area (Å²) in [5.74, 6) is 0. The highest BCUT2D eigenvalue weighted by atomic mass is 79.9. The van der Waals surface area contributed by atoms with Crippen LogP contribution in [0.4, 0.5) is 0 Å². The Morgan fingerprint density at radius 3 is 2.85 bits per heavy atom. The quantitative estimate of drug-likeness (QED) is 0.808. The summed E-state index contributed by atoms with van der Waals surface area (Å²) in [5.41, 5.74) is 2.33. The highest BCUT2D eigenvalue weighted by Crippen LogP contribution is 2.31. The van der Waals surface area contributed by atoms with Gasteiger partial charge in [0.15, 0.2) is 0 Å². The fraction of sp³-hybridized carbons (Fsp3) is 0.312. The molecule has 1 heterocycles. The Labute approximate surface area is 133 Å². The average molecular weight is 354 g/mol. The lowest BCUT2D eigenvalue weighted by Crippen LogP contribution is -2.24. The zero-order valence-corrected chi connectivity index (χ0v) is 13.8. The number of pyridine rings is 1. The standard InChI is InChI=1S/C16H18BrClN2/c1-2-8-20-15(10-12-5-4-9-19-11-12)13-6-3-7-14(17)16(13)18/h3-7,9,11,15,20H,2,8,10H2,1H3. The largest absolute Gasteiger partial charge is 0.310 e. The Bertz CT molecular complexity index is 545. The molecule has 1 unspecified atom stereocenters. The summed E-state index contributed by atoms with van der Waals surface area (Å²) in [6.07, 6.45) is 5.68. The average Bonchev–Trinajstić information content (AvgIpc) is 2.48. The lowest BCUT2D eigenvalue weighted by Gasteiger charge is -2.20. The van der Waals surface area contributed by atoms with Crippen molar-refractivity contribution in [1.29, 1.82) is 0 Å². The third kappa shape index (κ3) is 4.05. The van der Waals surface area contributed by atoms with Crippen LogP contribution in [0.2, 0.25) is 5.02 Å². The first-order valence-corrected chi connectivity index (χ1v) is 7.95. The molecular formula is C16H18BrClN2. The molecule has 1 aromatic carbocycles. The molecule has 0 radical (unpaired) electrons. The van der Waals surface area contributed by atoms with Crippen LogP contribution >= 0.6 is 27.5 Å². The van der Waals surface area contributed by atoms with E-state index in [0.717, 1.165) is 34.4 Å². The third-order valence-electron chi connectivity index (χ3n) is 3.16. The van der Waals surface area contributed by atoms with Gasteiger partial charge < -0.3 is 5.32 Å². The molecule has 1 aromatic heterocycles. The molecule has 0 aliphatic rings. The molecule has 20 heavy (non-hydrogen) atoms. The second-order valence-electron chi connectivity index (χ2n) is 4.72. The van der Waals surface area contributed by atoms with E-state index in [0.29, 0.717) is 0 Å². The normalized spacial score (nSPS) is 12.3. The maximum absolute atomic E-state index is 6.43. The second-order valence-corrected chi connectivity index (χ2v) is 5.95. The molecule has 0 bridgehead atoms. The molecule has 2 aromatic rings. The van der Waals surface area contributed by atoms with Crippen molar-refractivity contribution in [1.82, 2.24) is 10.3 Å². The number of hydrogen-bond acceptors (Lipinski definition) is 2. The van der Waals surface area contributed by atoms with Crippen molar-refractivity contribution in [3.63, 3.8) is 0 Å². The molecule has 1 atom stereocenters. The SMILES string of the molecule is CCCNC(Cc1cccnc1)c1cccc(Br)c1Cl. The first kappa shape index (κ1) is 15.5. The summed E-state index contributed by atoms with van der Waals surface area (Å²) in [6, 6.07) is 10.3. The van der Waals surface area contributed by atoms with Gasteiger partial charge in [-0.2, -0.15) is 0 Å². The van der Waals surface area contributed by atoms with Crippen LogP contribution in [0.5, 0.6) is 0 Å². The molecule has 0 amide bonds. The second kappa shape index (κ2) is 7.77. The first-order valence-electron chi connectivity index (χ1n) is 6.78. The monoisotopic (exact) mass is 352 g/mol. The van der Waals surface area contributed by atoms with Crippen LogP contribution in [0.1, 0.15) is 30.5 Å².